The topological polar surface area (TPSA) is 3.24 Å². The largest absolute Gasteiger partial charge is 0.458 e. The van der Waals surface area contributed by atoms with Crippen LogP contribution in [0, 0.1) is 0 Å². The molecule has 0 N–H and O–H groups in total. The Bertz CT molecular complexity index is 268. The second-order valence-corrected chi connectivity index (χ2v) is 7.95. The van der Waals surface area contributed by atoms with Gasteiger partial charge in [0.25, 0.3) is 0 Å². The van der Waals surface area contributed by atoms with Crippen molar-refractivity contribution in [2.24, 2.45) is 0 Å². The summed E-state index contributed by atoms with van der Waals surface area (Å²) in [4.78, 5) is 0. The molecule has 0 unspecified atom stereocenters. The van der Waals surface area contributed by atoms with Gasteiger partial charge in [-0.25, -0.2) is 0 Å². The molecule has 0 heterocycles. The van der Waals surface area contributed by atoms with Crippen molar-refractivity contribution in [2.75, 3.05) is 0 Å². The van der Waals surface area contributed by atoms with E-state index in [2.05, 4.69) is 57.1 Å². The van der Waals surface area contributed by atoms with Crippen LogP contribution >= 0.6 is 0 Å². The van der Waals surface area contributed by atoms with Crippen molar-refractivity contribution in [1.82, 2.24) is 4.63 Å². The zero-order valence-corrected chi connectivity index (χ0v) is 14.5. The number of hydrogen-bond acceptors (Lipinski definition) is 1. The van der Waals surface area contributed by atoms with E-state index in [0.717, 1.165) is 6.39 Å². The summed E-state index contributed by atoms with van der Waals surface area (Å²) in [5.41, 5.74) is 0. The van der Waals surface area contributed by atoms with Gasteiger partial charge in [-0.3, -0.25) is 0 Å². The highest BCUT2D eigenvalue weighted by Crippen LogP contribution is 2.41. The third-order valence-electron chi connectivity index (χ3n) is 5.39. The lowest BCUT2D eigenvalue weighted by Crippen LogP contribution is -2.66. The number of rotatable bonds is 6. The van der Waals surface area contributed by atoms with Crippen molar-refractivity contribution in [1.29, 1.82) is 0 Å². The van der Waals surface area contributed by atoms with Crippen molar-refractivity contribution in [3.8, 4) is 0 Å². The van der Waals surface area contributed by atoms with Gasteiger partial charge in [-0.15, -0.1) is 0 Å². The zero-order valence-electron chi connectivity index (χ0n) is 14.5. The van der Waals surface area contributed by atoms with Gasteiger partial charge in [-0.2, -0.15) is 0 Å². The van der Waals surface area contributed by atoms with E-state index in [0.29, 0.717) is 25.3 Å². The quantitative estimate of drug-likeness (QED) is 0.434. The maximum atomic E-state index is 2.75. The molecular formula is C8H27B10N. The molecule has 94 valence electrons. The summed E-state index contributed by atoms with van der Waals surface area (Å²) in [7, 11) is 13.3. The lowest BCUT2D eigenvalue weighted by atomic mass is 8.91. The van der Waals surface area contributed by atoms with Gasteiger partial charge in [0.1, 0.15) is 27.2 Å². The maximum absolute atomic E-state index is 2.75. The Morgan fingerprint density at radius 2 is 1.53 bits per heavy atom. The van der Waals surface area contributed by atoms with Crippen molar-refractivity contribution >= 4 is 72.2 Å². The minimum Gasteiger partial charge on any atom is -0.458 e. The standard InChI is InChI=1S/C8H27B10N/c1-8(6-4-3-5-7-8)14-18(13)19(17(11)12)15(2)16(9)10/h14H,3-7,9-13H2,1-2H3. The molecule has 0 aromatic heterocycles. The van der Waals surface area contributed by atoms with Crippen molar-refractivity contribution in [3.05, 3.63) is 0 Å². The molecule has 0 amide bonds. The Balaban J connectivity index is 2.68. The highest BCUT2D eigenvalue weighted by molar-refractivity contribution is 7.61. The summed E-state index contributed by atoms with van der Waals surface area (Å²) in [6, 6.07) is 0. The summed E-state index contributed by atoms with van der Waals surface area (Å²) in [5, 5.41) is 0.599. The molecule has 0 radical (unpaired) electrons. The van der Waals surface area contributed by atoms with Gasteiger partial charge in [0, 0.05) is 0 Å². The van der Waals surface area contributed by atoms with Gasteiger partial charge >= 0.3 is 0 Å². The van der Waals surface area contributed by atoms with E-state index in [9.17, 15) is 0 Å². The second-order valence-electron chi connectivity index (χ2n) is 7.95. The fourth-order valence-electron chi connectivity index (χ4n) is 4.15. The molecule has 11 heteroatoms. The van der Waals surface area contributed by atoms with E-state index in [-0.39, 0.29) is 0 Å². The normalized spacial score (nSPS) is 17.8. The zero-order chi connectivity index (χ0) is 14.6. The predicted molar refractivity (Wildman–Crippen MR) is 112 cm³/mol. The molecule has 0 aromatic rings. The van der Waals surface area contributed by atoms with Crippen LogP contribution in [0.5, 0.6) is 0 Å². The van der Waals surface area contributed by atoms with Crippen LogP contribution in [0.25, 0.3) is 0 Å². The predicted octanol–water partition coefficient (Wildman–Crippen LogP) is -3.81. The van der Waals surface area contributed by atoms with E-state index in [4.69, 9.17) is 0 Å². The van der Waals surface area contributed by atoms with Crippen LogP contribution in [0.2, 0.25) is 12.1 Å². The number of nitrogens with zero attached hydrogens (tertiary/aromatic N) is 1. The molecule has 0 atom stereocenters. The minimum absolute atomic E-state index is 0.599. The molecule has 19 heavy (non-hydrogen) atoms. The fourth-order valence-corrected chi connectivity index (χ4v) is 4.15. The summed E-state index contributed by atoms with van der Waals surface area (Å²) < 4.78 is 2.75. The molecule has 1 rings (SSSR count). The molecule has 0 bridgehead atoms. The van der Waals surface area contributed by atoms with Gasteiger partial charge in [0.2, 0.25) is 0 Å². The third-order valence-corrected chi connectivity index (χ3v) is 5.39. The van der Waals surface area contributed by atoms with E-state index in [1.165, 1.54) is 39.3 Å². The van der Waals surface area contributed by atoms with Gasteiger partial charge < -0.3 is 4.63 Å². The Morgan fingerprint density at radius 3 is 1.95 bits per heavy atom. The van der Waals surface area contributed by atoms with Gasteiger partial charge in [0.05, 0.1) is 45.1 Å². The van der Waals surface area contributed by atoms with E-state index >= 15 is 0 Å². The van der Waals surface area contributed by atoms with Crippen LogP contribution in [-0.4, -0.2) is 76.9 Å². The lowest BCUT2D eigenvalue weighted by Gasteiger charge is -2.42. The van der Waals surface area contributed by atoms with E-state index < -0.39 is 0 Å². The van der Waals surface area contributed by atoms with E-state index in [1.807, 2.05) is 0 Å². The Labute approximate surface area is 128 Å². The smallest absolute Gasteiger partial charge is 0.142 e. The monoisotopic (exact) mass is 247 g/mol. The van der Waals surface area contributed by atoms with Gasteiger partial charge in [-0.1, -0.05) is 51.2 Å². The summed E-state index contributed by atoms with van der Waals surface area (Å²) in [5.74, 6) is 0. The van der Waals surface area contributed by atoms with Crippen molar-refractivity contribution in [2.45, 2.75) is 51.2 Å². The van der Waals surface area contributed by atoms with Crippen LogP contribution in [0.3, 0.4) is 0 Å². The van der Waals surface area contributed by atoms with Crippen LogP contribution in [-0.2, 0) is 0 Å². The van der Waals surface area contributed by atoms with Crippen molar-refractivity contribution in [3.63, 3.8) is 0 Å². The number of hydrogen-bond donors (Lipinski definition) is 0. The molecule has 1 saturated carbocycles. The second kappa shape index (κ2) is 7.57. The lowest BCUT2D eigenvalue weighted by molar-refractivity contribution is 0.402. The maximum Gasteiger partial charge on any atom is 0.142 e. The molecule has 1 aliphatic carbocycles. The first-order valence-corrected chi connectivity index (χ1v) is 8.54. The molecule has 0 aliphatic heterocycles. The Hall–Kier alpha value is 0.609. The molecule has 1 aliphatic rings. The molecule has 0 saturated heterocycles. The summed E-state index contributed by atoms with van der Waals surface area (Å²) in [6.45, 7) is 6.98. The average molecular weight is 245 g/mol. The average Bonchev–Trinajstić information content (AvgIpc) is 2.28. The Kier molecular flexibility index (Phi) is 7.04. The van der Waals surface area contributed by atoms with Crippen LogP contribution < -0.4 is 0 Å². The molecular weight excluding hydrogens is 218 g/mol. The molecule has 1 fully saturated rings. The highest BCUT2D eigenvalue weighted by atomic mass is 14.9. The summed E-state index contributed by atoms with van der Waals surface area (Å²) in [6.07, 6.45) is 7.98. The first kappa shape index (κ1) is 17.7. The van der Waals surface area contributed by atoms with Crippen LogP contribution in [0.4, 0.5) is 0 Å². The minimum atomic E-state index is 0.599. The van der Waals surface area contributed by atoms with Gasteiger partial charge in [0.15, 0.2) is 0 Å². The molecule has 0 spiro atoms. The fraction of sp³-hybridized carbons (Fsp3) is 1.00. The van der Waals surface area contributed by atoms with Crippen LogP contribution in [0.1, 0.15) is 39.0 Å². The molecule has 1 nitrogen and oxygen atoms in total. The molecule has 0 aromatic carbocycles. The summed E-state index contributed by atoms with van der Waals surface area (Å²) >= 11 is 0. The highest BCUT2D eigenvalue weighted by Gasteiger charge is 2.36. The van der Waals surface area contributed by atoms with Gasteiger partial charge in [-0.05, 0) is 0 Å². The SMILES string of the molecule is BB(B)B(C)N(B(B)B)B(B)BC1(C)CCCCC1. The van der Waals surface area contributed by atoms with E-state index in [1.54, 1.807) is 0 Å². The van der Waals surface area contributed by atoms with Crippen LogP contribution in [0.15, 0.2) is 0 Å². The third kappa shape index (κ3) is 5.14. The first-order valence-electron chi connectivity index (χ1n) is 8.54. The van der Waals surface area contributed by atoms with Crippen molar-refractivity contribution < 1.29 is 0 Å². The first-order chi connectivity index (χ1) is 8.77. The Morgan fingerprint density at radius 1 is 1.00 bits per heavy atom.